The molecule has 0 spiro atoms. The van der Waals surface area contributed by atoms with Crippen LogP contribution >= 0.6 is 0 Å². The SMILES string of the molecule is OCc1cc([C@@H](O)CNCCCCCCNC[C@H](O)c2ccc(O)c(CO)c2)ccc1O. The minimum absolute atomic E-state index is 0.0246. The lowest BCUT2D eigenvalue weighted by Crippen LogP contribution is -2.23. The van der Waals surface area contributed by atoms with Gasteiger partial charge in [-0.3, -0.25) is 0 Å². The summed E-state index contributed by atoms with van der Waals surface area (Å²) < 4.78 is 0. The topological polar surface area (TPSA) is 145 Å². The van der Waals surface area contributed by atoms with Gasteiger partial charge in [-0.25, -0.2) is 0 Å². The Kier molecular flexibility index (Phi) is 11.4. The van der Waals surface area contributed by atoms with Crippen LogP contribution in [0.1, 0.15) is 60.1 Å². The number of aromatic hydroxyl groups is 2. The molecule has 2 aromatic carbocycles. The molecule has 178 valence electrons. The first-order chi connectivity index (χ1) is 15.5. The molecule has 8 N–H and O–H groups in total. The molecule has 0 aromatic heterocycles. The highest BCUT2D eigenvalue weighted by molar-refractivity contribution is 5.37. The van der Waals surface area contributed by atoms with E-state index in [0.29, 0.717) is 35.3 Å². The summed E-state index contributed by atoms with van der Waals surface area (Å²) >= 11 is 0. The van der Waals surface area contributed by atoms with Crippen molar-refractivity contribution in [3.63, 3.8) is 0 Å². The molecule has 0 saturated heterocycles. The molecule has 0 heterocycles. The molecule has 0 radical (unpaired) electrons. The molecule has 8 heteroatoms. The smallest absolute Gasteiger partial charge is 0.121 e. The maximum absolute atomic E-state index is 10.2. The number of hydrogen-bond acceptors (Lipinski definition) is 8. The van der Waals surface area contributed by atoms with Crippen LogP contribution in [-0.2, 0) is 13.2 Å². The largest absolute Gasteiger partial charge is 0.508 e. The Hall–Kier alpha value is -2.20. The van der Waals surface area contributed by atoms with Crippen LogP contribution in [0.15, 0.2) is 36.4 Å². The molecule has 8 nitrogen and oxygen atoms in total. The highest BCUT2D eigenvalue weighted by Gasteiger charge is 2.11. The zero-order chi connectivity index (χ0) is 23.3. The molecule has 0 bridgehead atoms. The number of rotatable bonds is 15. The molecular formula is C24H36N2O6. The molecule has 0 aliphatic heterocycles. The second-order valence-electron chi connectivity index (χ2n) is 7.95. The quantitative estimate of drug-likeness (QED) is 0.192. The minimum Gasteiger partial charge on any atom is -0.508 e. The Morgan fingerprint density at radius 2 is 1.03 bits per heavy atom. The molecule has 0 unspecified atom stereocenters. The molecular weight excluding hydrogens is 412 g/mol. The summed E-state index contributed by atoms with van der Waals surface area (Å²) in [4.78, 5) is 0. The predicted molar refractivity (Wildman–Crippen MR) is 122 cm³/mol. The van der Waals surface area contributed by atoms with Crippen LogP contribution in [0.4, 0.5) is 0 Å². The van der Waals surface area contributed by atoms with E-state index in [-0.39, 0.29) is 24.7 Å². The number of hydrogen-bond donors (Lipinski definition) is 8. The van der Waals surface area contributed by atoms with E-state index in [0.717, 1.165) is 38.8 Å². The minimum atomic E-state index is -0.696. The molecule has 32 heavy (non-hydrogen) atoms. The zero-order valence-corrected chi connectivity index (χ0v) is 18.4. The van der Waals surface area contributed by atoms with E-state index in [1.54, 1.807) is 24.3 Å². The average Bonchev–Trinajstić information content (AvgIpc) is 2.80. The highest BCUT2D eigenvalue weighted by atomic mass is 16.3. The van der Waals surface area contributed by atoms with Crippen molar-refractivity contribution < 1.29 is 30.6 Å². The van der Waals surface area contributed by atoms with Crippen molar-refractivity contribution in [3.05, 3.63) is 58.7 Å². The van der Waals surface area contributed by atoms with Gasteiger partial charge in [0.05, 0.1) is 25.4 Å². The molecule has 0 aliphatic rings. The van der Waals surface area contributed by atoms with Gasteiger partial charge >= 0.3 is 0 Å². The zero-order valence-electron chi connectivity index (χ0n) is 18.4. The van der Waals surface area contributed by atoms with Crippen LogP contribution < -0.4 is 10.6 Å². The van der Waals surface area contributed by atoms with Gasteiger partial charge in [-0.15, -0.1) is 0 Å². The summed E-state index contributed by atoms with van der Waals surface area (Å²) in [6.07, 6.45) is 2.70. The molecule has 0 fully saturated rings. The number of aliphatic hydroxyl groups is 4. The fraction of sp³-hybridized carbons (Fsp3) is 0.500. The Morgan fingerprint density at radius 3 is 1.41 bits per heavy atom. The molecule has 2 aromatic rings. The highest BCUT2D eigenvalue weighted by Crippen LogP contribution is 2.23. The normalized spacial score (nSPS) is 13.2. The van der Waals surface area contributed by atoms with E-state index in [2.05, 4.69) is 10.6 Å². The van der Waals surface area contributed by atoms with Crippen molar-refractivity contribution in [2.24, 2.45) is 0 Å². The van der Waals surface area contributed by atoms with Gasteiger partial charge in [-0.2, -0.15) is 0 Å². The standard InChI is InChI=1S/C24H36N2O6/c27-15-19-11-17(5-7-21(19)29)23(31)13-25-9-3-1-2-4-10-26-14-24(32)18-6-8-22(30)20(12-18)16-28/h5-8,11-12,23-32H,1-4,9-10,13-16H2/t23-,24-/m0/s1. The van der Waals surface area contributed by atoms with E-state index in [1.165, 1.54) is 12.1 Å². The van der Waals surface area contributed by atoms with Gasteiger partial charge in [-0.05, 0) is 61.3 Å². The van der Waals surface area contributed by atoms with Crippen LogP contribution in [0.3, 0.4) is 0 Å². The molecule has 0 amide bonds. The summed E-state index contributed by atoms with van der Waals surface area (Å²) in [7, 11) is 0. The fourth-order valence-corrected chi connectivity index (χ4v) is 3.45. The van der Waals surface area contributed by atoms with Crippen LogP contribution in [-0.4, -0.2) is 56.8 Å². The number of unbranched alkanes of at least 4 members (excludes halogenated alkanes) is 3. The second-order valence-corrected chi connectivity index (χ2v) is 7.95. The number of phenols is 2. The van der Waals surface area contributed by atoms with Crippen molar-refractivity contribution in [1.29, 1.82) is 0 Å². The van der Waals surface area contributed by atoms with Crippen molar-refractivity contribution in [2.45, 2.75) is 51.1 Å². The predicted octanol–water partition coefficient (Wildman–Crippen LogP) is 1.59. The van der Waals surface area contributed by atoms with Gasteiger partial charge in [0.1, 0.15) is 11.5 Å². The van der Waals surface area contributed by atoms with E-state index in [9.17, 15) is 30.6 Å². The molecule has 0 aliphatic carbocycles. The first-order valence-electron chi connectivity index (χ1n) is 11.1. The Morgan fingerprint density at radius 1 is 0.625 bits per heavy atom. The van der Waals surface area contributed by atoms with Gasteiger partial charge in [0, 0.05) is 24.2 Å². The van der Waals surface area contributed by atoms with Crippen molar-refractivity contribution in [1.82, 2.24) is 10.6 Å². The lowest BCUT2D eigenvalue weighted by atomic mass is 10.1. The van der Waals surface area contributed by atoms with Gasteiger partial charge in [0.2, 0.25) is 0 Å². The van der Waals surface area contributed by atoms with Gasteiger partial charge < -0.3 is 41.3 Å². The Bertz CT molecular complexity index is 750. The lowest BCUT2D eigenvalue weighted by molar-refractivity contribution is 0.173. The maximum Gasteiger partial charge on any atom is 0.121 e. The van der Waals surface area contributed by atoms with Crippen LogP contribution in [0.2, 0.25) is 0 Å². The van der Waals surface area contributed by atoms with Crippen LogP contribution in [0.5, 0.6) is 11.5 Å². The third-order valence-corrected chi connectivity index (χ3v) is 5.45. The number of benzene rings is 2. The van der Waals surface area contributed by atoms with E-state index < -0.39 is 12.2 Å². The van der Waals surface area contributed by atoms with E-state index in [1.807, 2.05) is 0 Å². The molecule has 2 atom stereocenters. The monoisotopic (exact) mass is 448 g/mol. The molecule has 0 saturated carbocycles. The summed E-state index contributed by atoms with van der Waals surface area (Å²) in [6.45, 7) is 1.86. The maximum atomic E-state index is 10.2. The Balaban J connectivity index is 1.51. The summed E-state index contributed by atoms with van der Waals surface area (Å²) in [5.74, 6) is 0.0493. The van der Waals surface area contributed by atoms with Crippen LogP contribution in [0, 0.1) is 0 Å². The van der Waals surface area contributed by atoms with E-state index in [4.69, 9.17) is 0 Å². The summed E-state index contributed by atoms with van der Waals surface area (Å²) in [5, 5.41) is 64.4. The third-order valence-electron chi connectivity index (χ3n) is 5.45. The Labute approximate surface area is 189 Å². The first-order valence-corrected chi connectivity index (χ1v) is 11.1. The van der Waals surface area contributed by atoms with E-state index >= 15 is 0 Å². The molecule has 2 rings (SSSR count). The summed E-state index contributed by atoms with van der Waals surface area (Å²) in [5.41, 5.74) is 2.13. The number of aliphatic hydroxyl groups excluding tert-OH is 4. The summed E-state index contributed by atoms with van der Waals surface area (Å²) in [6, 6.07) is 9.48. The first kappa shape index (κ1) is 26.1. The van der Waals surface area contributed by atoms with Crippen molar-refractivity contribution in [2.75, 3.05) is 26.2 Å². The van der Waals surface area contributed by atoms with Crippen molar-refractivity contribution in [3.8, 4) is 11.5 Å². The van der Waals surface area contributed by atoms with Crippen molar-refractivity contribution >= 4 is 0 Å². The van der Waals surface area contributed by atoms with Gasteiger partial charge in [0.15, 0.2) is 0 Å². The fourth-order valence-electron chi connectivity index (χ4n) is 3.45. The third kappa shape index (κ3) is 8.38. The van der Waals surface area contributed by atoms with Crippen LogP contribution in [0.25, 0.3) is 0 Å². The number of nitrogens with one attached hydrogen (secondary N) is 2. The van der Waals surface area contributed by atoms with Gasteiger partial charge in [0.25, 0.3) is 0 Å². The lowest BCUT2D eigenvalue weighted by Gasteiger charge is -2.14. The van der Waals surface area contributed by atoms with Gasteiger partial charge in [-0.1, -0.05) is 25.0 Å². The average molecular weight is 449 g/mol. The second kappa shape index (κ2) is 14.1.